The number of dihydropyridines is 1. The summed E-state index contributed by atoms with van der Waals surface area (Å²) < 4.78 is 0. The average molecular weight is 725 g/mol. The molecular formula is C54H48N2. The predicted octanol–water partition coefficient (Wildman–Crippen LogP) is 13.9. The predicted molar refractivity (Wildman–Crippen MR) is 236 cm³/mol. The van der Waals surface area contributed by atoms with Crippen molar-refractivity contribution in [2.75, 3.05) is 0 Å². The first-order chi connectivity index (χ1) is 27.7. The highest BCUT2D eigenvalue weighted by molar-refractivity contribution is 6.09. The Kier molecular flexibility index (Phi) is 10.6. The summed E-state index contributed by atoms with van der Waals surface area (Å²) >= 11 is 0. The number of aliphatic imine (C=N–C) groups is 2. The summed E-state index contributed by atoms with van der Waals surface area (Å²) in [6, 6.07) is 48.9. The van der Waals surface area contributed by atoms with Crippen LogP contribution in [0.4, 0.5) is 0 Å². The lowest BCUT2D eigenvalue weighted by molar-refractivity contribution is 0.607. The van der Waals surface area contributed by atoms with Gasteiger partial charge in [0, 0.05) is 18.1 Å². The first kappa shape index (κ1) is 35.6. The van der Waals surface area contributed by atoms with Crippen LogP contribution in [0, 0.1) is 0 Å². The highest BCUT2D eigenvalue weighted by atomic mass is 14.8. The summed E-state index contributed by atoms with van der Waals surface area (Å²) in [7, 11) is 0. The molecule has 9 rings (SSSR count). The highest BCUT2D eigenvalue weighted by Crippen LogP contribution is 2.41. The van der Waals surface area contributed by atoms with Crippen LogP contribution in [0.25, 0.3) is 16.7 Å². The van der Waals surface area contributed by atoms with Crippen LogP contribution in [0.15, 0.2) is 209 Å². The summed E-state index contributed by atoms with van der Waals surface area (Å²) in [5.74, 6) is 0.522. The zero-order valence-corrected chi connectivity index (χ0v) is 31.9. The van der Waals surface area contributed by atoms with E-state index in [1.165, 1.54) is 61.2 Å². The fourth-order valence-electron chi connectivity index (χ4n) is 8.73. The number of allylic oxidation sites excluding steroid dienone is 11. The molecule has 4 unspecified atom stereocenters. The van der Waals surface area contributed by atoms with Gasteiger partial charge in [0.1, 0.15) is 0 Å². The van der Waals surface area contributed by atoms with Gasteiger partial charge in [0.05, 0.1) is 17.8 Å². The van der Waals surface area contributed by atoms with E-state index in [-0.39, 0.29) is 18.0 Å². The molecule has 2 aliphatic heterocycles. The van der Waals surface area contributed by atoms with Crippen molar-refractivity contribution >= 4 is 17.5 Å². The monoisotopic (exact) mass is 724 g/mol. The maximum absolute atomic E-state index is 5.59. The van der Waals surface area contributed by atoms with Crippen LogP contribution >= 0.6 is 0 Å². The molecule has 56 heavy (non-hydrogen) atoms. The van der Waals surface area contributed by atoms with Crippen molar-refractivity contribution in [2.45, 2.75) is 62.4 Å². The third-order valence-electron chi connectivity index (χ3n) is 11.8. The van der Waals surface area contributed by atoms with Crippen LogP contribution < -0.4 is 0 Å². The number of rotatable bonds is 8. The van der Waals surface area contributed by atoms with E-state index in [2.05, 4.69) is 188 Å². The zero-order valence-electron chi connectivity index (χ0n) is 31.9. The van der Waals surface area contributed by atoms with Gasteiger partial charge in [0.2, 0.25) is 0 Å². The topological polar surface area (TPSA) is 24.7 Å². The lowest BCUT2D eigenvalue weighted by Gasteiger charge is -2.27. The summed E-state index contributed by atoms with van der Waals surface area (Å²) in [5, 5.41) is 0. The summed E-state index contributed by atoms with van der Waals surface area (Å²) in [5.41, 5.74) is 15.3. The quantitative estimate of drug-likeness (QED) is 0.152. The Morgan fingerprint density at radius 2 is 1.30 bits per heavy atom. The molecule has 0 spiro atoms. The van der Waals surface area contributed by atoms with Gasteiger partial charge in [-0.25, -0.2) is 0 Å². The lowest BCUT2D eigenvalue weighted by atomic mass is 9.81. The van der Waals surface area contributed by atoms with Crippen LogP contribution in [0.1, 0.15) is 95.8 Å². The van der Waals surface area contributed by atoms with E-state index in [9.17, 15) is 0 Å². The second kappa shape index (κ2) is 16.7. The maximum atomic E-state index is 5.59. The number of benzene rings is 5. The molecule has 0 fully saturated rings. The molecule has 5 aromatic rings. The van der Waals surface area contributed by atoms with Gasteiger partial charge < -0.3 is 0 Å². The molecule has 0 bridgehead atoms. The molecule has 274 valence electrons. The minimum Gasteiger partial charge on any atom is -0.284 e. The molecule has 0 aromatic heterocycles. The van der Waals surface area contributed by atoms with E-state index in [4.69, 9.17) is 9.98 Å². The van der Waals surface area contributed by atoms with E-state index in [1.807, 2.05) is 6.21 Å². The normalized spacial score (nSPS) is 23.9. The van der Waals surface area contributed by atoms with Crippen molar-refractivity contribution in [3.63, 3.8) is 0 Å². The fraction of sp³-hybridized carbons (Fsp3) is 0.185. The Labute approximate surface area is 332 Å². The van der Waals surface area contributed by atoms with Crippen LogP contribution in [0.2, 0.25) is 0 Å². The van der Waals surface area contributed by atoms with Crippen molar-refractivity contribution in [3.8, 4) is 11.1 Å². The van der Waals surface area contributed by atoms with Gasteiger partial charge in [-0.3, -0.25) is 9.98 Å². The van der Waals surface area contributed by atoms with Gasteiger partial charge in [-0.15, -0.1) is 0 Å². The molecule has 5 aromatic carbocycles. The molecule has 4 atom stereocenters. The van der Waals surface area contributed by atoms with Crippen LogP contribution in [-0.4, -0.2) is 11.9 Å². The van der Waals surface area contributed by atoms with Crippen molar-refractivity contribution in [1.82, 2.24) is 0 Å². The second-order valence-electron chi connectivity index (χ2n) is 15.4. The molecule has 2 heterocycles. The average Bonchev–Trinajstić information content (AvgIpc) is 3.28. The molecular weight excluding hydrogens is 677 g/mol. The van der Waals surface area contributed by atoms with Crippen LogP contribution in [0.5, 0.6) is 0 Å². The van der Waals surface area contributed by atoms with E-state index >= 15 is 0 Å². The van der Waals surface area contributed by atoms with Gasteiger partial charge in [-0.05, 0) is 112 Å². The largest absolute Gasteiger partial charge is 0.284 e. The van der Waals surface area contributed by atoms with Crippen molar-refractivity contribution in [3.05, 3.63) is 233 Å². The number of hydrogen-bond acceptors (Lipinski definition) is 2. The molecule has 0 saturated carbocycles. The first-order valence-electron chi connectivity index (χ1n) is 20.4. The summed E-state index contributed by atoms with van der Waals surface area (Å²) in [6.45, 7) is 0. The molecule has 2 heteroatoms. The van der Waals surface area contributed by atoms with E-state index in [0.29, 0.717) is 5.92 Å². The standard InChI is InChI=1S/C54H48N2/c1-4-14-39(15-5-1)41-27-31-44(32-28-41)52-26-12-23-49(38-53(56-52)45-33-29-42(30-34-45)40-16-6-2-7-17-40)47-21-10-20-46(36-47)48-22-11-24-50(37-48)54-51(25-13-35-55-54)43-18-8-3-9-19-43/h1,3-6,8-11,13-22,24-25,27-35,37-38,46,51-52,54H,2,7,12,23,26,36H2/b49-38+,56-53+. The van der Waals surface area contributed by atoms with E-state index in [0.717, 1.165) is 44.2 Å². The van der Waals surface area contributed by atoms with Crippen LogP contribution in [-0.2, 0) is 0 Å². The van der Waals surface area contributed by atoms with Gasteiger partial charge in [0.15, 0.2) is 0 Å². The van der Waals surface area contributed by atoms with Crippen molar-refractivity contribution < 1.29 is 0 Å². The number of nitrogens with zero attached hydrogens (tertiary/aromatic N) is 2. The Hall–Kier alpha value is -6.12. The smallest absolute Gasteiger partial charge is 0.0852 e. The second-order valence-corrected chi connectivity index (χ2v) is 15.4. The summed E-state index contributed by atoms with van der Waals surface area (Å²) in [4.78, 5) is 10.6. The number of hydrogen-bond donors (Lipinski definition) is 0. The van der Waals surface area contributed by atoms with E-state index in [1.54, 1.807) is 0 Å². The third-order valence-corrected chi connectivity index (χ3v) is 11.8. The van der Waals surface area contributed by atoms with Gasteiger partial charge in [-0.1, -0.05) is 176 Å². The maximum Gasteiger partial charge on any atom is 0.0852 e. The Balaban J connectivity index is 1.01. The molecule has 0 radical (unpaired) electrons. The summed E-state index contributed by atoms with van der Waals surface area (Å²) in [6.07, 6.45) is 29.0. The highest BCUT2D eigenvalue weighted by Gasteiger charge is 2.26. The fourth-order valence-corrected chi connectivity index (χ4v) is 8.73. The third kappa shape index (κ3) is 7.97. The van der Waals surface area contributed by atoms with Crippen LogP contribution in [0.3, 0.4) is 0 Å². The van der Waals surface area contributed by atoms with Crippen molar-refractivity contribution in [1.29, 1.82) is 0 Å². The van der Waals surface area contributed by atoms with E-state index < -0.39 is 0 Å². The molecule has 2 aliphatic carbocycles. The molecule has 4 aliphatic rings. The first-order valence-corrected chi connectivity index (χ1v) is 20.4. The zero-order chi connectivity index (χ0) is 37.5. The molecule has 0 saturated heterocycles. The van der Waals surface area contributed by atoms with Crippen molar-refractivity contribution in [2.24, 2.45) is 9.98 Å². The molecule has 0 N–H and O–H groups in total. The van der Waals surface area contributed by atoms with Gasteiger partial charge >= 0.3 is 0 Å². The minimum atomic E-state index is 0.0660. The minimum absolute atomic E-state index is 0.0660. The van der Waals surface area contributed by atoms with Gasteiger partial charge in [-0.2, -0.15) is 0 Å². The molecule has 0 amide bonds. The van der Waals surface area contributed by atoms with Gasteiger partial charge in [0.25, 0.3) is 0 Å². The molecule has 2 nitrogen and oxygen atoms in total. The lowest BCUT2D eigenvalue weighted by Crippen LogP contribution is -2.12. The SMILES string of the molecule is C1=CC(c2cccc(C3N=CC=CC3c3ccccc3)c2)CC(/C2=C/C(c3ccc(C4=CCCC=C4)cc3)=N\C(c3ccc(-c4ccccc4)cc3)CCC2)=C1. The Bertz CT molecular complexity index is 2400. The Morgan fingerprint density at radius 3 is 2.11 bits per heavy atom. The Morgan fingerprint density at radius 1 is 0.571 bits per heavy atom.